The monoisotopic (exact) mass is 217 g/mol. The summed E-state index contributed by atoms with van der Waals surface area (Å²) >= 11 is 2.68. The van der Waals surface area contributed by atoms with Crippen LogP contribution < -0.4 is 4.72 Å². The zero-order valence-electron chi connectivity index (χ0n) is 4.17. The maximum absolute atomic E-state index is 10.1. The highest BCUT2D eigenvalue weighted by molar-refractivity contribution is 9.09. The summed E-state index contributed by atoms with van der Waals surface area (Å²) in [5.41, 5.74) is 0. The number of rotatable bonds is 2. The first-order valence-electron chi connectivity index (χ1n) is 1.79. The third-order valence-electron chi connectivity index (χ3n) is 0.364. The highest BCUT2D eigenvalue weighted by atomic mass is 79.9. The Bertz CT molecular complexity index is 197. The molecule has 9 heavy (non-hydrogen) atoms. The lowest BCUT2D eigenvalue weighted by Crippen LogP contribution is -2.30. The molecule has 5 nitrogen and oxygen atoms in total. The van der Waals surface area contributed by atoms with Crippen LogP contribution in [-0.2, 0) is 15.1 Å². The summed E-state index contributed by atoms with van der Waals surface area (Å²) in [5.74, 6) is -0.808. The van der Waals surface area contributed by atoms with Crippen molar-refractivity contribution in [2.24, 2.45) is 0 Å². The molecule has 0 fully saturated rings. The average molecular weight is 218 g/mol. The lowest BCUT2D eigenvalue weighted by atomic mass is 10.8. The lowest BCUT2D eigenvalue weighted by molar-refractivity contribution is -0.116. The van der Waals surface area contributed by atoms with Crippen molar-refractivity contribution in [1.82, 2.24) is 4.72 Å². The maximum atomic E-state index is 10.1. The number of carbonyl (C=O) groups excluding carboxylic acids is 1. The van der Waals surface area contributed by atoms with Gasteiger partial charge in [-0.2, -0.15) is 8.42 Å². The Morgan fingerprint density at radius 1 is 1.67 bits per heavy atom. The SMILES string of the molecule is O=C(CBr)NS(=O)(=O)O. The van der Waals surface area contributed by atoms with Crippen LogP contribution in [0.2, 0.25) is 0 Å². The highest BCUT2D eigenvalue weighted by Gasteiger charge is 2.06. The number of hydrogen-bond donors (Lipinski definition) is 2. The number of carbonyl (C=O) groups is 1. The second-order valence-corrected chi connectivity index (χ2v) is 2.85. The number of hydrogen-bond acceptors (Lipinski definition) is 3. The molecule has 0 aliphatic heterocycles. The van der Waals surface area contributed by atoms with E-state index in [1.807, 2.05) is 0 Å². The van der Waals surface area contributed by atoms with Crippen LogP contribution >= 0.6 is 15.9 Å². The third-order valence-corrected chi connectivity index (χ3v) is 1.36. The first-order valence-corrected chi connectivity index (χ1v) is 4.36. The van der Waals surface area contributed by atoms with E-state index in [-0.39, 0.29) is 5.33 Å². The Labute approximate surface area is 60.4 Å². The number of halogens is 1. The van der Waals surface area contributed by atoms with E-state index in [0.29, 0.717) is 0 Å². The minimum absolute atomic E-state index is 0.160. The Hall–Kier alpha value is -0.140. The summed E-state index contributed by atoms with van der Waals surface area (Å²) in [5, 5.41) is -0.160. The van der Waals surface area contributed by atoms with Crippen LogP contribution in [0.15, 0.2) is 0 Å². The van der Waals surface area contributed by atoms with Gasteiger partial charge in [0.2, 0.25) is 5.91 Å². The van der Waals surface area contributed by atoms with Gasteiger partial charge in [0.15, 0.2) is 0 Å². The molecule has 0 rings (SSSR count). The van der Waals surface area contributed by atoms with E-state index in [9.17, 15) is 13.2 Å². The van der Waals surface area contributed by atoms with Crippen molar-refractivity contribution in [3.05, 3.63) is 0 Å². The van der Waals surface area contributed by atoms with E-state index in [1.165, 1.54) is 4.72 Å². The largest absolute Gasteiger partial charge is 0.359 e. The van der Waals surface area contributed by atoms with Gasteiger partial charge in [-0.1, -0.05) is 15.9 Å². The molecule has 0 heterocycles. The van der Waals surface area contributed by atoms with Gasteiger partial charge in [-0.3, -0.25) is 9.35 Å². The van der Waals surface area contributed by atoms with E-state index in [2.05, 4.69) is 15.9 Å². The lowest BCUT2D eigenvalue weighted by Gasteiger charge is -1.94. The van der Waals surface area contributed by atoms with Crippen LogP contribution in [0.25, 0.3) is 0 Å². The van der Waals surface area contributed by atoms with Crippen molar-refractivity contribution >= 4 is 32.1 Å². The fourth-order valence-corrected chi connectivity index (χ4v) is 0.857. The summed E-state index contributed by atoms with van der Waals surface area (Å²) in [6.07, 6.45) is 0. The molecule has 0 aromatic carbocycles. The van der Waals surface area contributed by atoms with Crippen molar-refractivity contribution in [3.63, 3.8) is 0 Å². The third kappa shape index (κ3) is 5.74. The maximum Gasteiger partial charge on any atom is 0.359 e. The molecule has 54 valence electrons. The van der Waals surface area contributed by atoms with Crippen LogP contribution in [-0.4, -0.2) is 24.2 Å². The smallest absolute Gasteiger partial charge is 0.273 e. The molecule has 0 aliphatic rings. The van der Waals surface area contributed by atoms with E-state index in [1.54, 1.807) is 0 Å². The molecule has 0 aromatic rings. The molecule has 0 unspecified atom stereocenters. The molecule has 0 radical (unpaired) electrons. The topological polar surface area (TPSA) is 83.5 Å². The predicted molar refractivity (Wildman–Crippen MR) is 33.5 cm³/mol. The van der Waals surface area contributed by atoms with E-state index < -0.39 is 16.2 Å². The summed E-state index contributed by atoms with van der Waals surface area (Å²) < 4.78 is 28.9. The fraction of sp³-hybridized carbons (Fsp3) is 0.500. The van der Waals surface area contributed by atoms with Crippen LogP contribution in [0.5, 0.6) is 0 Å². The van der Waals surface area contributed by atoms with Gasteiger partial charge in [0.25, 0.3) is 0 Å². The van der Waals surface area contributed by atoms with Crippen molar-refractivity contribution < 1.29 is 17.8 Å². The molecular weight excluding hydrogens is 214 g/mol. The molecule has 0 atom stereocenters. The molecule has 0 saturated heterocycles. The first kappa shape index (κ1) is 8.86. The quantitative estimate of drug-likeness (QED) is 0.474. The molecule has 0 spiro atoms. The van der Waals surface area contributed by atoms with Gasteiger partial charge >= 0.3 is 10.3 Å². The number of nitrogens with one attached hydrogen (secondary N) is 1. The Balaban J connectivity index is 3.91. The van der Waals surface area contributed by atoms with Crippen molar-refractivity contribution in [2.75, 3.05) is 5.33 Å². The fourth-order valence-electron chi connectivity index (χ4n) is 0.171. The van der Waals surface area contributed by atoms with Crippen LogP contribution in [0.3, 0.4) is 0 Å². The number of amides is 1. The molecule has 2 N–H and O–H groups in total. The molecule has 7 heteroatoms. The second kappa shape index (κ2) is 3.14. The van der Waals surface area contributed by atoms with Crippen molar-refractivity contribution in [3.8, 4) is 0 Å². The second-order valence-electron chi connectivity index (χ2n) is 1.13. The predicted octanol–water partition coefficient (Wildman–Crippen LogP) is -0.700. The van der Waals surface area contributed by atoms with Gasteiger partial charge in [-0.05, 0) is 0 Å². The molecule has 0 bridgehead atoms. The van der Waals surface area contributed by atoms with Gasteiger partial charge in [0.1, 0.15) is 0 Å². The van der Waals surface area contributed by atoms with Crippen LogP contribution in [0.4, 0.5) is 0 Å². The van der Waals surface area contributed by atoms with Gasteiger partial charge in [-0.25, -0.2) is 4.72 Å². The normalized spacial score (nSPS) is 10.9. The standard InChI is InChI=1S/C2H4BrNO4S/c3-1-2(5)4-9(6,7)8/h1H2,(H,4,5)(H,6,7,8). The first-order chi connectivity index (χ1) is 3.95. The molecule has 1 amide bonds. The van der Waals surface area contributed by atoms with E-state index >= 15 is 0 Å². The minimum atomic E-state index is -4.36. The van der Waals surface area contributed by atoms with Gasteiger partial charge in [0, 0.05) is 0 Å². The Kier molecular flexibility index (Phi) is 3.09. The summed E-state index contributed by atoms with van der Waals surface area (Å²) in [4.78, 5) is 10.1. The van der Waals surface area contributed by atoms with Gasteiger partial charge in [-0.15, -0.1) is 0 Å². The van der Waals surface area contributed by atoms with E-state index in [4.69, 9.17) is 4.55 Å². The Morgan fingerprint density at radius 2 is 2.11 bits per heavy atom. The highest BCUT2D eigenvalue weighted by Crippen LogP contribution is 1.80. The van der Waals surface area contributed by atoms with Gasteiger partial charge < -0.3 is 0 Å². The minimum Gasteiger partial charge on any atom is -0.273 e. The number of alkyl halides is 1. The van der Waals surface area contributed by atoms with Crippen LogP contribution in [0, 0.1) is 0 Å². The summed E-state index contributed by atoms with van der Waals surface area (Å²) in [7, 11) is -4.36. The van der Waals surface area contributed by atoms with Crippen LogP contribution in [0.1, 0.15) is 0 Å². The summed E-state index contributed by atoms with van der Waals surface area (Å²) in [6.45, 7) is 0. The molecule has 0 aliphatic carbocycles. The molecular formula is C2H4BrNO4S. The molecule has 0 saturated carbocycles. The average Bonchev–Trinajstić information content (AvgIpc) is 1.62. The van der Waals surface area contributed by atoms with Gasteiger partial charge in [0.05, 0.1) is 5.33 Å². The molecule has 0 aromatic heterocycles. The Morgan fingerprint density at radius 3 is 2.22 bits per heavy atom. The zero-order valence-corrected chi connectivity index (χ0v) is 6.57. The van der Waals surface area contributed by atoms with Crippen molar-refractivity contribution in [2.45, 2.75) is 0 Å². The van der Waals surface area contributed by atoms with Crippen molar-refractivity contribution in [1.29, 1.82) is 0 Å². The summed E-state index contributed by atoms with van der Waals surface area (Å²) in [6, 6.07) is 0. The van der Waals surface area contributed by atoms with E-state index in [0.717, 1.165) is 0 Å². The zero-order chi connectivity index (χ0) is 7.49.